The predicted molar refractivity (Wildman–Crippen MR) is 79.1 cm³/mol. The lowest BCUT2D eigenvalue weighted by atomic mass is 10.2. The quantitative estimate of drug-likeness (QED) is 0.867. The van der Waals surface area contributed by atoms with Crippen molar-refractivity contribution in [1.29, 1.82) is 0 Å². The fraction of sp³-hybridized carbons (Fsp3) is 0.357. The van der Waals surface area contributed by atoms with E-state index in [9.17, 15) is 0 Å². The number of aromatic nitrogens is 3. The number of anilines is 1. The van der Waals surface area contributed by atoms with Gasteiger partial charge in [-0.1, -0.05) is 31.5 Å². The molecule has 0 aliphatic carbocycles. The van der Waals surface area contributed by atoms with E-state index >= 15 is 0 Å². The van der Waals surface area contributed by atoms with Crippen LogP contribution in [0.25, 0.3) is 0 Å². The number of hydrogen-bond acceptors (Lipinski definition) is 5. The van der Waals surface area contributed by atoms with Crippen LogP contribution in [0, 0.1) is 6.92 Å². The average Bonchev–Trinajstić information content (AvgIpc) is 2.36. The van der Waals surface area contributed by atoms with Gasteiger partial charge in [-0.2, -0.15) is 9.97 Å². The van der Waals surface area contributed by atoms with Gasteiger partial charge < -0.3 is 5.73 Å². The molecular formula is C14H18N4S. The van der Waals surface area contributed by atoms with E-state index in [4.69, 9.17) is 5.73 Å². The number of nitrogens with zero attached hydrogens (tertiary/aromatic N) is 3. The van der Waals surface area contributed by atoms with Crippen LogP contribution in [0.5, 0.6) is 0 Å². The molecule has 0 unspecified atom stereocenters. The summed E-state index contributed by atoms with van der Waals surface area (Å²) in [6.45, 7) is 6.18. The van der Waals surface area contributed by atoms with Gasteiger partial charge in [0.05, 0.1) is 5.75 Å². The van der Waals surface area contributed by atoms with Gasteiger partial charge in [0.15, 0.2) is 0 Å². The van der Waals surface area contributed by atoms with E-state index in [1.807, 2.05) is 13.8 Å². The zero-order valence-corrected chi connectivity index (χ0v) is 12.2. The van der Waals surface area contributed by atoms with Gasteiger partial charge in [-0.25, -0.2) is 4.98 Å². The summed E-state index contributed by atoms with van der Waals surface area (Å²) in [5, 5.41) is 0. The Balaban J connectivity index is 2.11. The Morgan fingerprint density at radius 3 is 2.68 bits per heavy atom. The summed E-state index contributed by atoms with van der Waals surface area (Å²) in [5.74, 6) is 2.76. The molecule has 19 heavy (non-hydrogen) atoms. The van der Waals surface area contributed by atoms with Crippen molar-refractivity contribution in [3.05, 3.63) is 41.5 Å². The van der Waals surface area contributed by atoms with E-state index in [-0.39, 0.29) is 5.92 Å². The van der Waals surface area contributed by atoms with Gasteiger partial charge in [-0.05, 0) is 19.1 Å². The number of aryl methyl sites for hydroxylation is 1. The van der Waals surface area contributed by atoms with Crippen LogP contribution in [0.3, 0.4) is 0 Å². The molecule has 4 nitrogen and oxygen atoms in total. The number of benzene rings is 1. The molecule has 0 bridgehead atoms. The monoisotopic (exact) mass is 274 g/mol. The first-order valence-corrected chi connectivity index (χ1v) is 7.23. The minimum atomic E-state index is 0.257. The highest BCUT2D eigenvalue weighted by Gasteiger charge is 2.08. The maximum atomic E-state index is 5.72. The lowest BCUT2D eigenvalue weighted by Gasteiger charge is -2.07. The Labute approximate surface area is 117 Å². The summed E-state index contributed by atoms with van der Waals surface area (Å²) in [7, 11) is 0. The van der Waals surface area contributed by atoms with E-state index < -0.39 is 0 Å². The van der Waals surface area contributed by atoms with Gasteiger partial charge in [0.2, 0.25) is 5.95 Å². The first-order chi connectivity index (χ1) is 9.04. The second-order valence-corrected chi connectivity index (χ2v) is 5.78. The largest absolute Gasteiger partial charge is 0.368 e. The molecule has 0 amide bonds. The van der Waals surface area contributed by atoms with Crippen LogP contribution in [-0.4, -0.2) is 15.0 Å². The zero-order chi connectivity index (χ0) is 13.8. The van der Waals surface area contributed by atoms with Crippen molar-refractivity contribution in [1.82, 2.24) is 15.0 Å². The molecule has 0 saturated heterocycles. The molecule has 5 heteroatoms. The minimum absolute atomic E-state index is 0.257. The summed E-state index contributed by atoms with van der Waals surface area (Å²) < 4.78 is 0. The van der Waals surface area contributed by atoms with E-state index in [1.54, 1.807) is 11.8 Å². The van der Waals surface area contributed by atoms with Crippen LogP contribution in [0.4, 0.5) is 5.95 Å². The first-order valence-electron chi connectivity index (χ1n) is 6.24. The SMILES string of the molecule is Cc1cccc(SCc2nc(N)nc(C(C)C)n2)c1. The van der Waals surface area contributed by atoms with E-state index in [2.05, 4.69) is 46.1 Å². The van der Waals surface area contributed by atoms with Crippen molar-refractivity contribution in [3.8, 4) is 0 Å². The molecule has 1 aromatic carbocycles. The van der Waals surface area contributed by atoms with Crippen LogP contribution < -0.4 is 5.73 Å². The minimum Gasteiger partial charge on any atom is -0.368 e. The highest BCUT2D eigenvalue weighted by Crippen LogP contribution is 2.22. The maximum Gasteiger partial charge on any atom is 0.223 e. The standard InChI is InChI=1S/C14H18N4S/c1-9(2)13-16-12(17-14(15)18-13)8-19-11-6-4-5-10(3)7-11/h4-7,9H,8H2,1-3H3,(H2,15,16,17,18). The lowest BCUT2D eigenvalue weighted by Crippen LogP contribution is -2.07. The Hall–Kier alpha value is -1.62. The topological polar surface area (TPSA) is 64.7 Å². The number of rotatable bonds is 4. The summed E-state index contributed by atoms with van der Waals surface area (Å²) in [6, 6.07) is 8.38. The molecule has 0 radical (unpaired) electrons. The lowest BCUT2D eigenvalue weighted by molar-refractivity contribution is 0.749. The Morgan fingerprint density at radius 1 is 1.21 bits per heavy atom. The number of nitrogen functional groups attached to an aromatic ring is 1. The van der Waals surface area contributed by atoms with Crippen molar-refractivity contribution in [3.63, 3.8) is 0 Å². The Bertz CT molecular complexity index is 569. The molecular weight excluding hydrogens is 256 g/mol. The molecule has 100 valence electrons. The molecule has 0 aliphatic rings. The molecule has 2 rings (SSSR count). The average molecular weight is 274 g/mol. The fourth-order valence-corrected chi connectivity index (χ4v) is 2.50. The van der Waals surface area contributed by atoms with Crippen LogP contribution in [0.15, 0.2) is 29.2 Å². The third kappa shape index (κ3) is 3.92. The smallest absolute Gasteiger partial charge is 0.223 e. The van der Waals surface area contributed by atoms with Crippen LogP contribution in [0.1, 0.15) is 37.0 Å². The summed E-state index contributed by atoms with van der Waals surface area (Å²) in [6.07, 6.45) is 0. The van der Waals surface area contributed by atoms with Crippen molar-refractivity contribution in [2.45, 2.75) is 37.3 Å². The second-order valence-electron chi connectivity index (χ2n) is 4.73. The Kier molecular flexibility index (Phi) is 4.37. The molecule has 2 aromatic rings. The van der Waals surface area contributed by atoms with E-state index in [0.29, 0.717) is 11.7 Å². The van der Waals surface area contributed by atoms with Crippen molar-refractivity contribution < 1.29 is 0 Å². The third-order valence-electron chi connectivity index (χ3n) is 2.59. The van der Waals surface area contributed by atoms with Crippen molar-refractivity contribution in [2.75, 3.05) is 5.73 Å². The van der Waals surface area contributed by atoms with Gasteiger partial charge in [-0.3, -0.25) is 0 Å². The highest BCUT2D eigenvalue weighted by molar-refractivity contribution is 7.98. The number of nitrogens with two attached hydrogens (primary N) is 1. The zero-order valence-electron chi connectivity index (χ0n) is 11.4. The summed E-state index contributed by atoms with van der Waals surface area (Å²) >= 11 is 1.71. The van der Waals surface area contributed by atoms with Crippen LogP contribution >= 0.6 is 11.8 Å². The third-order valence-corrected chi connectivity index (χ3v) is 3.58. The van der Waals surface area contributed by atoms with Crippen molar-refractivity contribution in [2.24, 2.45) is 0 Å². The molecule has 2 N–H and O–H groups in total. The van der Waals surface area contributed by atoms with Gasteiger partial charge >= 0.3 is 0 Å². The van der Waals surface area contributed by atoms with Gasteiger partial charge in [0.25, 0.3) is 0 Å². The molecule has 0 spiro atoms. The van der Waals surface area contributed by atoms with Crippen LogP contribution in [0.2, 0.25) is 0 Å². The van der Waals surface area contributed by atoms with Crippen molar-refractivity contribution >= 4 is 17.7 Å². The van der Waals surface area contributed by atoms with E-state index in [1.165, 1.54) is 10.5 Å². The first kappa shape index (κ1) is 13.8. The molecule has 1 heterocycles. The number of hydrogen-bond donors (Lipinski definition) is 1. The number of thioether (sulfide) groups is 1. The Morgan fingerprint density at radius 2 is 2.00 bits per heavy atom. The normalized spacial score (nSPS) is 10.9. The highest BCUT2D eigenvalue weighted by atomic mass is 32.2. The second kappa shape index (κ2) is 6.02. The van der Waals surface area contributed by atoms with E-state index in [0.717, 1.165) is 11.6 Å². The van der Waals surface area contributed by atoms with Gasteiger partial charge in [0.1, 0.15) is 11.6 Å². The summed E-state index contributed by atoms with van der Waals surface area (Å²) in [4.78, 5) is 14.0. The molecule has 0 fully saturated rings. The molecule has 0 aliphatic heterocycles. The van der Waals surface area contributed by atoms with Gasteiger partial charge in [0, 0.05) is 10.8 Å². The van der Waals surface area contributed by atoms with Crippen LogP contribution in [-0.2, 0) is 5.75 Å². The molecule has 0 saturated carbocycles. The van der Waals surface area contributed by atoms with Gasteiger partial charge in [-0.15, -0.1) is 11.8 Å². The molecule has 0 atom stereocenters. The molecule has 1 aromatic heterocycles. The predicted octanol–water partition coefficient (Wildman–Crippen LogP) is 3.18. The summed E-state index contributed by atoms with van der Waals surface area (Å²) in [5.41, 5.74) is 6.97. The maximum absolute atomic E-state index is 5.72. The fourth-order valence-electron chi connectivity index (χ4n) is 1.63.